The van der Waals surface area contributed by atoms with Gasteiger partial charge in [0.2, 0.25) is 5.91 Å². The minimum Gasteiger partial charge on any atom is -0.324 e. The number of carbonyl (C=O) groups excluding carboxylic acids is 1. The van der Waals surface area contributed by atoms with Gasteiger partial charge in [-0.25, -0.2) is 0 Å². The van der Waals surface area contributed by atoms with Crippen LogP contribution >= 0.6 is 11.3 Å². The van der Waals surface area contributed by atoms with Gasteiger partial charge < -0.3 is 5.32 Å². The van der Waals surface area contributed by atoms with Gasteiger partial charge in [0.05, 0.1) is 0 Å². The number of carbonyl (C=O) groups is 1. The first-order valence-electron chi connectivity index (χ1n) is 6.00. The predicted octanol–water partition coefficient (Wildman–Crippen LogP) is 2.47. The fraction of sp³-hybridized carbons (Fsp3) is 0.286. The molecule has 1 aromatic carbocycles. The highest BCUT2D eigenvalue weighted by Crippen LogP contribution is 2.17. The Hall–Kier alpha value is -1.88. The number of rotatable bonds is 3. The van der Waals surface area contributed by atoms with Crippen molar-refractivity contribution in [2.75, 3.05) is 5.32 Å². The number of thiazole rings is 1. The Bertz CT molecular complexity index is 670. The van der Waals surface area contributed by atoms with E-state index in [-0.39, 0.29) is 17.3 Å². The van der Waals surface area contributed by atoms with Crippen molar-refractivity contribution in [1.29, 1.82) is 0 Å². The average Bonchev–Trinajstić information content (AvgIpc) is 2.67. The van der Waals surface area contributed by atoms with Crippen molar-refractivity contribution < 1.29 is 4.79 Å². The molecule has 1 heterocycles. The van der Waals surface area contributed by atoms with Crippen LogP contribution in [0.15, 0.2) is 28.4 Å². The third kappa shape index (κ3) is 2.93. The maximum atomic E-state index is 12.0. The smallest absolute Gasteiger partial charge is 0.307 e. The molecule has 0 aliphatic carbocycles. The number of aromatic nitrogens is 1. The Balaban J connectivity index is 2.14. The zero-order valence-corrected chi connectivity index (χ0v) is 12.0. The highest BCUT2D eigenvalue weighted by Gasteiger charge is 2.10. The van der Waals surface area contributed by atoms with E-state index in [4.69, 9.17) is 0 Å². The molecule has 0 saturated heterocycles. The Morgan fingerprint density at radius 1 is 1.32 bits per heavy atom. The summed E-state index contributed by atoms with van der Waals surface area (Å²) in [6, 6.07) is 5.77. The second-order valence-corrected chi connectivity index (χ2v) is 5.35. The van der Waals surface area contributed by atoms with E-state index in [0.29, 0.717) is 0 Å². The van der Waals surface area contributed by atoms with Gasteiger partial charge in [0.25, 0.3) is 0 Å². The van der Waals surface area contributed by atoms with Gasteiger partial charge in [0.1, 0.15) is 6.54 Å². The SMILES string of the molecule is Cc1cccc(NC(=O)Cn2c(C)csc2=O)c1C. The lowest BCUT2D eigenvalue weighted by Gasteiger charge is -2.11. The summed E-state index contributed by atoms with van der Waals surface area (Å²) in [5.74, 6) is -0.183. The number of anilines is 1. The van der Waals surface area contributed by atoms with Crippen LogP contribution in [0.3, 0.4) is 0 Å². The van der Waals surface area contributed by atoms with Gasteiger partial charge in [-0.1, -0.05) is 23.5 Å². The molecule has 0 spiro atoms. The zero-order chi connectivity index (χ0) is 14.0. The van der Waals surface area contributed by atoms with E-state index in [1.165, 1.54) is 4.57 Å². The lowest BCUT2D eigenvalue weighted by atomic mass is 10.1. The number of hydrogen-bond donors (Lipinski definition) is 1. The van der Waals surface area contributed by atoms with Gasteiger partial charge in [-0.3, -0.25) is 14.2 Å². The molecule has 4 nitrogen and oxygen atoms in total. The molecular weight excluding hydrogens is 260 g/mol. The molecule has 0 aliphatic rings. The van der Waals surface area contributed by atoms with Crippen molar-refractivity contribution in [2.24, 2.45) is 0 Å². The molecule has 5 heteroatoms. The van der Waals surface area contributed by atoms with E-state index >= 15 is 0 Å². The quantitative estimate of drug-likeness (QED) is 0.936. The Labute approximate surface area is 115 Å². The molecule has 0 bridgehead atoms. The molecule has 19 heavy (non-hydrogen) atoms. The number of hydrogen-bond acceptors (Lipinski definition) is 3. The Morgan fingerprint density at radius 2 is 2.05 bits per heavy atom. The van der Waals surface area contributed by atoms with Crippen LogP contribution in [0.2, 0.25) is 0 Å². The van der Waals surface area contributed by atoms with Gasteiger partial charge in [-0.05, 0) is 38.0 Å². The monoisotopic (exact) mass is 276 g/mol. The lowest BCUT2D eigenvalue weighted by molar-refractivity contribution is -0.116. The van der Waals surface area contributed by atoms with Crippen molar-refractivity contribution >= 4 is 22.9 Å². The molecule has 0 saturated carbocycles. The Morgan fingerprint density at radius 3 is 2.68 bits per heavy atom. The fourth-order valence-corrected chi connectivity index (χ4v) is 2.55. The van der Waals surface area contributed by atoms with E-state index in [0.717, 1.165) is 33.8 Å². The lowest BCUT2D eigenvalue weighted by Crippen LogP contribution is -2.25. The average molecular weight is 276 g/mol. The molecule has 1 N–H and O–H groups in total. The third-order valence-electron chi connectivity index (χ3n) is 3.16. The zero-order valence-electron chi connectivity index (χ0n) is 11.2. The number of aryl methyl sites for hydroxylation is 2. The summed E-state index contributed by atoms with van der Waals surface area (Å²) < 4.78 is 1.48. The van der Waals surface area contributed by atoms with Gasteiger partial charge in [0, 0.05) is 16.8 Å². The number of nitrogens with zero attached hydrogens (tertiary/aromatic N) is 1. The first-order valence-corrected chi connectivity index (χ1v) is 6.88. The highest BCUT2D eigenvalue weighted by atomic mass is 32.1. The van der Waals surface area contributed by atoms with Crippen LogP contribution in [0, 0.1) is 20.8 Å². The predicted molar refractivity (Wildman–Crippen MR) is 77.9 cm³/mol. The van der Waals surface area contributed by atoms with Crippen LogP contribution in [0.4, 0.5) is 5.69 Å². The van der Waals surface area contributed by atoms with Crippen molar-refractivity contribution in [3.8, 4) is 0 Å². The summed E-state index contributed by atoms with van der Waals surface area (Å²) in [4.78, 5) is 23.4. The molecule has 0 atom stereocenters. The summed E-state index contributed by atoms with van der Waals surface area (Å²) in [5.41, 5.74) is 3.78. The van der Waals surface area contributed by atoms with Gasteiger partial charge in [0.15, 0.2) is 0 Å². The maximum Gasteiger partial charge on any atom is 0.307 e. The largest absolute Gasteiger partial charge is 0.324 e. The van der Waals surface area contributed by atoms with Crippen LogP contribution < -0.4 is 10.2 Å². The summed E-state index contributed by atoms with van der Waals surface area (Å²) in [5, 5.41) is 4.61. The molecule has 1 amide bonds. The molecule has 0 fully saturated rings. The van der Waals surface area contributed by atoms with Crippen molar-refractivity contribution in [2.45, 2.75) is 27.3 Å². The fourth-order valence-electron chi connectivity index (χ4n) is 1.82. The summed E-state index contributed by atoms with van der Waals surface area (Å²) in [6.07, 6.45) is 0. The molecule has 0 aliphatic heterocycles. The maximum absolute atomic E-state index is 12.0. The normalized spacial score (nSPS) is 10.5. The number of benzene rings is 1. The van der Waals surface area contributed by atoms with E-state index < -0.39 is 0 Å². The molecule has 2 aromatic rings. The van der Waals surface area contributed by atoms with E-state index in [9.17, 15) is 9.59 Å². The van der Waals surface area contributed by atoms with Crippen molar-refractivity contribution in [3.05, 3.63) is 50.1 Å². The van der Waals surface area contributed by atoms with Crippen LogP contribution in [-0.2, 0) is 11.3 Å². The molecule has 0 radical (unpaired) electrons. The van der Waals surface area contributed by atoms with Crippen LogP contribution in [0.5, 0.6) is 0 Å². The first-order chi connectivity index (χ1) is 8.99. The number of nitrogens with one attached hydrogen (secondary N) is 1. The van der Waals surface area contributed by atoms with Crippen LogP contribution in [-0.4, -0.2) is 10.5 Å². The van der Waals surface area contributed by atoms with Crippen molar-refractivity contribution in [1.82, 2.24) is 4.57 Å². The molecule has 0 unspecified atom stereocenters. The van der Waals surface area contributed by atoms with Crippen LogP contribution in [0.25, 0.3) is 0 Å². The summed E-state index contributed by atoms with van der Waals surface area (Å²) >= 11 is 1.11. The minimum absolute atomic E-state index is 0.0571. The third-order valence-corrected chi connectivity index (χ3v) is 4.04. The second kappa shape index (κ2) is 5.40. The molecule has 1 aromatic heterocycles. The second-order valence-electron chi connectivity index (χ2n) is 4.52. The van der Waals surface area contributed by atoms with Gasteiger partial charge in [-0.15, -0.1) is 0 Å². The van der Waals surface area contributed by atoms with Gasteiger partial charge in [-0.2, -0.15) is 0 Å². The van der Waals surface area contributed by atoms with Crippen molar-refractivity contribution in [3.63, 3.8) is 0 Å². The first kappa shape index (κ1) is 13.5. The van der Waals surface area contributed by atoms with Gasteiger partial charge >= 0.3 is 4.87 Å². The topological polar surface area (TPSA) is 51.1 Å². The summed E-state index contributed by atoms with van der Waals surface area (Å²) in [6.45, 7) is 5.84. The molecular formula is C14H16N2O2S. The Kier molecular flexibility index (Phi) is 3.85. The van der Waals surface area contributed by atoms with E-state index in [1.807, 2.05) is 39.0 Å². The molecule has 100 valence electrons. The van der Waals surface area contributed by atoms with E-state index in [1.54, 1.807) is 5.38 Å². The number of amides is 1. The highest BCUT2D eigenvalue weighted by molar-refractivity contribution is 7.07. The van der Waals surface area contributed by atoms with Crippen LogP contribution in [0.1, 0.15) is 16.8 Å². The summed E-state index contributed by atoms with van der Waals surface area (Å²) in [7, 11) is 0. The minimum atomic E-state index is -0.183. The van der Waals surface area contributed by atoms with E-state index in [2.05, 4.69) is 5.32 Å². The standard InChI is InChI=1S/C14H16N2O2S/c1-9-5-4-6-12(11(9)3)15-13(17)7-16-10(2)8-19-14(16)18/h4-6,8H,7H2,1-3H3,(H,15,17). The molecule has 2 rings (SSSR count).